The second kappa shape index (κ2) is 12.4. The highest BCUT2D eigenvalue weighted by Gasteiger charge is 2.13. The molecule has 0 aromatic rings. The van der Waals surface area contributed by atoms with Gasteiger partial charge in [-0.3, -0.25) is 0 Å². The van der Waals surface area contributed by atoms with Gasteiger partial charge >= 0.3 is 0 Å². The maximum absolute atomic E-state index is 5.42. The fraction of sp³-hybridized carbons (Fsp3) is 1.00. The fourth-order valence-electron chi connectivity index (χ4n) is 2.25. The summed E-state index contributed by atoms with van der Waals surface area (Å²) >= 11 is 0. The van der Waals surface area contributed by atoms with E-state index in [9.17, 15) is 0 Å². The second-order valence-electron chi connectivity index (χ2n) is 4.91. The molecule has 1 atom stereocenters. The van der Waals surface area contributed by atoms with Crippen LogP contribution in [0.4, 0.5) is 0 Å². The van der Waals surface area contributed by atoms with Crippen molar-refractivity contribution in [1.82, 2.24) is 5.32 Å². The molecule has 0 aliphatic heterocycles. The molecule has 17 heavy (non-hydrogen) atoms. The molecule has 0 saturated heterocycles. The normalized spacial score (nSPS) is 13.2. The zero-order valence-electron chi connectivity index (χ0n) is 12.4. The summed E-state index contributed by atoms with van der Waals surface area (Å²) in [4.78, 5) is 0. The van der Waals surface area contributed by atoms with Gasteiger partial charge in [-0.05, 0) is 45.1 Å². The average molecular weight is 243 g/mol. The summed E-state index contributed by atoms with van der Waals surface area (Å²) in [6, 6.07) is 0.695. The third-order valence-electron chi connectivity index (χ3n) is 3.50. The first-order chi connectivity index (χ1) is 8.28. The van der Waals surface area contributed by atoms with E-state index in [1.54, 1.807) is 0 Å². The Morgan fingerprint density at radius 2 is 1.76 bits per heavy atom. The van der Waals surface area contributed by atoms with Crippen LogP contribution in [0.1, 0.15) is 66.2 Å². The van der Waals surface area contributed by atoms with Crippen LogP contribution in [0.3, 0.4) is 0 Å². The first-order valence-corrected chi connectivity index (χ1v) is 7.59. The predicted octanol–water partition coefficient (Wildman–Crippen LogP) is 4.00. The summed E-state index contributed by atoms with van der Waals surface area (Å²) in [5.41, 5.74) is 0. The monoisotopic (exact) mass is 243 g/mol. The van der Waals surface area contributed by atoms with Gasteiger partial charge in [0.25, 0.3) is 0 Å². The van der Waals surface area contributed by atoms with E-state index in [0.717, 1.165) is 25.7 Å². The van der Waals surface area contributed by atoms with Crippen molar-refractivity contribution in [2.45, 2.75) is 72.3 Å². The van der Waals surface area contributed by atoms with Crippen LogP contribution >= 0.6 is 0 Å². The molecule has 0 spiro atoms. The van der Waals surface area contributed by atoms with Gasteiger partial charge in [-0.2, -0.15) is 0 Å². The molecule has 0 saturated carbocycles. The SMILES string of the molecule is CCCNC(CCCOCC)CC(CC)CC. The van der Waals surface area contributed by atoms with Crippen LogP contribution in [0.2, 0.25) is 0 Å². The number of hydrogen-bond donors (Lipinski definition) is 1. The maximum Gasteiger partial charge on any atom is 0.0466 e. The van der Waals surface area contributed by atoms with Gasteiger partial charge in [0.2, 0.25) is 0 Å². The van der Waals surface area contributed by atoms with Crippen LogP contribution in [-0.2, 0) is 4.74 Å². The van der Waals surface area contributed by atoms with Gasteiger partial charge in [-0.15, -0.1) is 0 Å². The van der Waals surface area contributed by atoms with Gasteiger partial charge in [0.05, 0.1) is 0 Å². The number of nitrogens with one attached hydrogen (secondary N) is 1. The van der Waals surface area contributed by atoms with Crippen LogP contribution in [0.25, 0.3) is 0 Å². The van der Waals surface area contributed by atoms with E-state index in [4.69, 9.17) is 4.74 Å². The molecule has 2 nitrogen and oxygen atoms in total. The fourth-order valence-corrected chi connectivity index (χ4v) is 2.25. The summed E-state index contributed by atoms with van der Waals surface area (Å²) < 4.78 is 5.42. The van der Waals surface area contributed by atoms with Gasteiger partial charge in [0, 0.05) is 19.3 Å². The highest BCUT2D eigenvalue weighted by molar-refractivity contribution is 4.71. The molecule has 0 aliphatic carbocycles. The summed E-state index contributed by atoms with van der Waals surface area (Å²) in [5, 5.41) is 3.69. The Morgan fingerprint density at radius 1 is 1.06 bits per heavy atom. The van der Waals surface area contributed by atoms with Gasteiger partial charge in [-0.1, -0.05) is 33.6 Å². The molecule has 0 aliphatic rings. The van der Waals surface area contributed by atoms with E-state index in [1.165, 1.54) is 38.5 Å². The largest absolute Gasteiger partial charge is 0.382 e. The predicted molar refractivity (Wildman–Crippen MR) is 76.5 cm³/mol. The molecule has 0 fully saturated rings. The summed E-state index contributed by atoms with van der Waals surface area (Å²) in [5.74, 6) is 0.886. The van der Waals surface area contributed by atoms with Crippen molar-refractivity contribution in [2.75, 3.05) is 19.8 Å². The van der Waals surface area contributed by atoms with Crippen molar-refractivity contribution < 1.29 is 4.74 Å². The minimum Gasteiger partial charge on any atom is -0.382 e. The molecular formula is C15H33NO. The highest BCUT2D eigenvalue weighted by atomic mass is 16.5. The molecule has 0 heterocycles. The zero-order valence-corrected chi connectivity index (χ0v) is 12.4. The lowest BCUT2D eigenvalue weighted by molar-refractivity contribution is 0.139. The minimum atomic E-state index is 0.695. The molecule has 1 unspecified atom stereocenters. The van der Waals surface area contributed by atoms with Crippen LogP contribution in [-0.4, -0.2) is 25.8 Å². The van der Waals surface area contributed by atoms with E-state index in [2.05, 4.69) is 33.0 Å². The van der Waals surface area contributed by atoms with Crippen LogP contribution in [0.15, 0.2) is 0 Å². The van der Waals surface area contributed by atoms with Crippen molar-refractivity contribution >= 4 is 0 Å². The van der Waals surface area contributed by atoms with Crippen molar-refractivity contribution in [3.63, 3.8) is 0 Å². The van der Waals surface area contributed by atoms with Crippen LogP contribution < -0.4 is 5.32 Å². The standard InChI is InChI=1S/C15H33NO/c1-5-11-16-15(10-9-12-17-8-4)13-14(6-2)7-3/h14-16H,5-13H2,1-4H3. The Kier molecular flexibility index (Phi) is 12.3. The van der Waals surface area contributed by atoms with Gasteiger partial charge in [0.1, 0.15) is 0 Å². The maximum atomic E-state index is 5.42. The third kappa shape index (κ3) is 9.61. The molecule has 2 heteroatoms. The number of rotatable bonds is 12. The Balaban J connectivity index is 3.85. The lowest BCUT2D eigenvalue weighted by Crippen LogP contribution is -2.32. The Morgan fingerprint density at radius 3 is 2.29 bits per heavy atom. The second-order valence-corrected chi connectivity index (χ2v) is 4.91. The molecule has 104 valence electrons. The summed E-state index contributed by atoms with van der Waals surface area (Å²) in [7, 11) is 0. The van der Waals surface area contributed by atoms with Crippen molar-refractivity contribution in [2.24, 2.45) is 5.92 Å². The van der Waals surface area contributed by atoms with Crippen LogP contribution in [0.5, 0.6) is 0 Å². The molecule has 0 radical (unpaired) electrons. The molecular weight excluding hydrogens is 210 g/mol. The zero-order chi connectivity index (χ0) is 12.9. The number of ether oxygens (including phenoxy) is 1. The smallest absolute Gasteiger partial charge is 0.0466 e. The molecule has 1 N–H and O–H groups in total. The van der Waals surface area contributed by atoms with Crippen molar-refractivity contribution in [3.8, 4) is 0 Å². The third-order valence-corrected chi connectivity index (χ3v) is 3.50. The quantitative estimate of drug-likeness (QED) is 0.523. The van der Waals surface area contributed by atoms with E-state index < -0.39 is 0 Å². The average Bonchev–Trinajstić information content (AvgIpc) is 2.36. The van der Waals surface area contributed by atoms with Gasteiger partial charge < -0.3 is 10.1 Å². The van der Waals surface area contributed by atoms with Crippen LogP contribution in [0, 0.1) is 5.92 Å². The summed E-state index contributed by atoms with van der Waals surface area (Å²) in [6.07, 6.45) is 7.63. The van der Waals surface area contributed by atoms with E-state index in [0.29, 0.717) is 6.04 Å². The van der Waals surface area contributed by atoms with Gasteiger partial charge in [0.15, 0.2) is 0 Å². The molecule has 0 amide bonds. The molecule has 0 bridgehead atoms. The Bertz CT molecular complexity index is 146. The summed E-state index contributed by atoms with van der Waals surface area (Å²) in [6.45, 7) is 11.8. The van der Waals surface area contributed by atoms with Crippen molar-refractivity contribution in [3.05, 3.63) is 0 Å². The molecule has 0 rings (SSSR count). The molecule has 0 aromatic carbocycles. The van der Waals surface area contributed by atoms with Gasteiger partial charge in [-0.25, -0.2) is 0 Å². The Labute approximate surface area is 109 Å². The van der Waals surface area contributed by atoms with E-state index in [1.807, 2.05) is 0 Å². The molecule has 0 aromatic heterocycles. The topological polar surface area (TPSA) is 21.3 Å². The van der Waals surface area contributed by atoms with E-state index in [-0.39, 0.29) is 0 Å². The van der Waals surface area contributed by atoms with E-state index >= 15 is 0 Å². The lowest BCUT2D eigenvalue weighted by atomic mass is 9.92. The first-order valence-electron chi connectivity index (χ1n) is 7.59. The Hall–Kier alpha value is -0.0800. The van der Waals surface area contributed by atoms with Crippen molar-refractivity contribution in [1.29, 1.82) is 0 Å². The minimum absolute atomic E-state index is 0.695. The lowest BCUT2D eigenvalue weighted by Gasteiger charge is -2.23. The number of hydrogen-bond acceptors (Lipinski definition) is 2. The first kappa shape index (κ1) is 16.9. The highest BCUT2D eigenvalue weighted by Crippen LogP contribution is 2.17.